The lowest BCUT2D eigenvalue weighted by molar-refractivity contribution is -0.138. The standard InChI is InChI=1S/C11H7ClF3N3O2/c12-8-2-1-6(11(13,14)15)3-9(8)18-7(4-10(19)20)5-16-17-18/h1-3,5H,4H2,(H,19,20). The minimum Gasteiger partial charge on any atom is -0.481 e. The quantitative estimate of drug-likeness (QED) is 0.946. The Morgan fingerprint density at radius 2 is 2.10 bits per heavy atom. The van der Waals surface area contributed by atoms with Crippen molar-refractivity contribution < 1.29 is 23.1 Å². The van der Waals surface area contributed by atoms with E-state index in [2.05, 4.69) is 10.3 Å². The Morgan fingerprint density at radius 1 is 1.40 bits per heavy atom. The van der Waals surface area contributed by atoms with Gasteiger partial charge in [-0.3, -0.25) is 4.79 Å². The van der Waals surface area contributed by atoms with Crippen LogP contribution in [-0.2, 0) is 17.4 Å². The number of hydrogen-bond donors (Lipinski definition) is 1. The lowest BCUT2D eigenvalue weighted by Crippen LogP contribution is -2.11. The maximum absolute atomic E-state index is 12.7. The second-order valence-electron chi connectivity index (χ2n) is 3.87. The molecule has 0 unspecified atom stereocenters. The third kappa shape index (κ3) is 2.90. The van der Waals surface area contributed by atoms with Crippen LogP contribution in [0.25, 0.3) is 5.69 Å². The van der Waals surface area contributed by atoms with Crippen LogP contribution >= 0.6 is 11.6 Å². The maximum Gasteiger partial charge on any atom is 0.416 e. The Bertz CT molecular complexity index is 655. The molecule has 0 radical (unpaired) electrons. The summed E-state index contributed by atoms with van der Waals surface area (Å²) in [6.07, 6.45) is -3.81. The number of halogens is 4. The Kier molecular flexibility index (Phi) is 3.67. The lowest BCUT2D eigenvalue weighted by atomic mass is 10.2. The first-order valence-electron chi connectivity index (χ1n) is 5.27. The van der Waals surface area contributed by atoms with Crippen LogP contribution in [0.5, 0.6) is 0 Å². The van der Waals surface area contributed by atoms with E-state index in [1.165, 1.54) is 0 Å². The highest BCUT2D eigenvalue weighted by molar-refractivity contribution is 6.32. The summed E-state index contributed by atoms with van der Waals surface area (Å²) in [6, 6.07) is 2.70. The summed E-state index contributed by atoms with van der Waals surface area (Å²) < 4.78 is 39.0. The third-order valence-electron chi connectivity index (χ3n) is 2.45. The van der Waals surface area contributed by atoms with Crippen molar-refractivity contribution in [1.82, 2.24) is 15.0 Å². The van der Waals surface area contributed by atoms with E-state index in [-0.39, 0.29) is 16.4 Å². The van der Waals surface area contributed by atoms with Crippen molar-refractivity contribution >= 4 is 17.6 Å². The van der Waals surface area contributed by atoms with Crippen LogP contribution in [0, 0.1) is 0 Å². The summed E-state index contributed by atoms with van der Waals surface area (Å²) >= 11 is 5.84. The average molecular weight is 306 g/mol. The summed E-state index contributed by atoms with van der Waals surface area (Å²) in [7, 11) is 0. The molecule has 0 spiro atoms. The van der Waals surface area contributed by atoms with Gasteiger partial charge in [-0.05, 0) is 18.2 Å². The minimum absolute atomic E-state index is 0.00939. The molecule has 20 heavy (non-hydrogen) atoms. The van der Waals surface area contributed by atoms with Crippen LogP contribution in [0.15, 0.2) is 24.4 Å². The van der Waals surface area contributed by atoms with Crippen LogP contribution in [0.2, 0.25) is 5.02 Å². The zero-order chi connectivity index (χ0) is 14.9. The number of alkyl halides is 3. The number of aliphatic carboxylic acids is 1. The Balaban J connectivity index is 2.52. The van der Waals surface area contributed by atoms with Crippen molar-refractivity contribution in [2.45, 2.75) is 12.6 Å². The summed E-state index contributed by atoms with van der Waals surface area (Å²) in [4.78, 5) is 10.7. The topological polar surface area (TPSA) is 68.0 Å². The number of carboxylic acid groups (broad SMARTS) is 1. The number of carbonyl (C=O) groups is 1. The molecule has 9 heteroatoms. The SMILES string of the molecule is O=C(O)Cc1cnnn1-c1cc(C(F)(F)F)ccc1Cl. The monoisotopic (exact) mass is 305 g/mol. The van der Waals surface area contributed by atoms with Crippen LogP contribution in [0.3, 0.4) is 0 Å². The lowest BCUT2D eigenvalue weighted by Gasteiger charge is -2.11. The molecule has 1 N–H and O–H groups in total. The van der Waals surface area contributed by atoms with Gasteiger partial charge in [-0.1, -0.05) is 16.8 Å². The zero-order valence-corrected chi connectivity index (χ0v) is 10.5. The van der Waals surface area contributed by atoms with E-state index >= 15 is 0 Å². The fourth-order valence-corrected chi connectivity index (χ4v) is 1.78. The number of hydrogen-bond acceptors (Lipinski definition) is 3. The second kappa shape index (κ2) is 5.12. The summed E-state index contributed by atoms with van der Waals surface area (Å²) in [6.45, 7) is 0. The molecule has 0 aliphatic heterocycles. The molecular weight excluding hydrogens is 299 g/mol. The molecule has 1 aromatic heterocycles. The van der Waals surface area contributed by atoms with Crippen molar-refractivity contribution in [3.8, 4) is 5.69 Å². The van der Waals surface area contributed by atoms with Crippen LogP contribution in [-0.4, -0.2) is 26.1 Å². The number of benzene rings is 1. The van der Waals surface area contributed by atoms with Crippen molar-refractivity contribution in [3.05, 3.63) is 40.7 Å². The van der Waals surface area contributed by atoms with Gasteiger partial charge < -0.3 is 5.11 Å². The fraction of sp³-hybridized carbons (Fsp3) is 0.182. The Labute approximate surface area is 115 Å². The molecule has 2 aromatic rings. The van der Waals surface area contributed by atoms with E-state index in [0.717, 1.165) is 29.1 Å². The van der Waals surface area contributed by atoms with Gasteiger partial charge >= 0.3 is 12.1 Å². The number of rotatable bonds is 3. The number of nitrogens with zero attached hydrogens (tertiary/aromatic N) is 3. The van der Waals surface area contributed by atoms with Crippen LogP contribution in [0.1, 0.15) is 11.3 Å². The highest BCUT2D eigenvalue weighted by Gasteiger charge is 2.31. The van der Waals surface area contributed by atoms with Crippen LogP contribution < -0.4 is 0 Å². The van der Waals surface area contributed by atoms with Gasteiger partial charge in [-0.15, -0.1) is 5.10 Å². The molecular formula is C11H7ClF3N3O2. The van der Waals surface area contributed by atoms with Gasteiger partial charge in [0.1, 0.15) is 0 Å². The Morgan fingerprint density at radius 3 is 2.70 bits per heavy atom. The van der Waals surface area contributed by atoms with Crippen molar-refractivity contribution in [1.29, 1.82) is 0 Å². The van der Waals surface area contributed by atoms with Crippen molar-refractivity contribution in [2.75, 3.05) is 0 Å². The molecule has 0 amide bonds. The van der Waals surface area contributed by atoms with E-state index in [0.29, 0.717) is 0 Å². The van der Waals surface area contributed by atoms with Crippen molar-refractivity contribution in [3.63, 3.8) is 0 Å². The van der Waals surface area contributed by atoms with E-state index in [1.807, 2.05) is 0 Å². The first-order valence-corrected chi connectivity index (χ1v) is 5.65. The zero-order valence-electron chi connectivity index (χ0n) is 9.73. The van der Waals surface area contributed by atoms with Crippen LogP contribution in [0.4, 0.5) is 13.2 Å². The van der Waals surface area contributed by atoms with E-state index in [9.17, 15) is 18.0 Å². The van der Waals surface area contributed by atoms with Gasteiger partial charge in [0, 0.05) is 0 Å². The molecule has 106 valence electrons. The van der Waals surface area contributed by atoms with E-state index < -0.39 is 24.1 Å². The fourth-order valence-electron chi connectivity index (χ4n) is 1.59. The molecule has 5 nitrogen and oxygen atoms in total. The molecule has 0 atom stereocenters. The molecule has 0 saturated carbocycles. The largest absolute Gasteiger partial charge is 0.481 e. The predicted molar refractivity (Wildman–Crippen MR) is 62.7 cm³/mol. The highest BCUT2D eigenvalue weighted by Crippen LogP contribution is 2.33. The molecule has 0 aliphatic rings. The number of aromatic nitrogens is 3. The second-order valence-corrected chi connectivity index (χ2v) is 4.28. The summed E-state index contributed by atoms with van der Waals surface area (Å²) in [5.41, 5.74) is -0.859. The average Bonchev–Trinajstić information content (AvgIpc) is 2.75. The molecule has 1 aromatic carbocycles. The van der Waals surface area contributed by atoms with Crippen molar-refractivity contribution in [2.24, 2.45) is 0 Å². The van der Waals surface area contributed by atoms with Gasteiger partial charge in [-0.2, -0.15) is 13.2 Å². The van der Waals surface area contributed by atoms with Gasteiger partial charge in [0.05, 0.1) is 34.6 Å². The smallest absolute Gasteiger partial charge is 0.416 e. The molecule has 0 fully saturated rings. The van der Waals surface area contributed by atoms with Gasteiger partial charge in [0.25, 0.3) is 0 Å². The summed E-state index contributed by atoms with van der Waals surface area (Å²) in [5.74, 6) is -1.16. The first-order chi connectivity index (χ1) is 9.29. The summed E-state index contributed by atoms with van der Waals surface area (Å²) in [5, 5.41) is 15.8. The first kappa shape index (κ1) is 14.3. The van der Waals surface area contributed by atoms with Gasteiger partial charge in [0.15, 0.2) is 0 Å². The van der Waals surface area contributed by atoms with Gasteiger partial charge in [0.2, 0.25) is 0 Å². The maximum atomic E-state index is 12.7. The highest BCUT2D eigenvalue weighted by atomic mass is 35.5. The predicted octanol–water partition coefficient (Wildman–Crippen LogP) is 2.57. The normalized spacial score (nSPS) is 11.6. The van der Waals surface area contributed by atoms with E-state index in [1.54, 1.807) is 0 Å². The molecule has 1 heterocycles. The number of carboxylic acids is 1. The van der Waals surface area contributed by atoms with Gasteiger partial charge in [-0.25, -0.2) is 4.68 Å². The molecule has 0 saturated heterocycles. The molecule has 0 bridgehead atoms. The third-order valence-corrected chi connectivity index (χ3v) is 2.77. The molecule has 2 rings (SSSR count). The minimum atomic E-state index is -4.53. The van der Waals surface area contributed by atoms with E-state index in [4.69, 9.17) is 16.7 Å². The molecule has 0 aliphatic carbocycles. The Hall–Kier alpha value is -2.09.